The number of ether oxygens (including phenoxy) is 3. The van der Waals surface area contributed by atoms with E-state index in [9.17, 15) is 22.8 Å². The number of rotatable bonds is 14. The van der Waals surface area contributed by atoms with E-state index in [2.05, 4.69) is 13.2 Å². The molecule has 1 N–H and O–H groups in total. The quantitative estimate of drug-likeness (QED) is 0.0983. The van der Waals surface area contributed by atoms with Crippen LogP contribution in [0.5, 0.6) is 0 Å². The zero-order valence-electron chi connectivity index (χ0n) is 17.2. The van der Waals surface area contributed by atoms with Gasteiger partial charge >= 0.3 is 55.6 Å². The topological polar surface area (TPSA) is 133 Å². The molecule has 0 unspecified atom stereocenters. The predicted octanol–water partition coefficient (Wildman–Crippen LogP) is 1.31. The Balaban J connectivity index is 0. The van der Waals surface area contributed by atoms with Gasteiger partial charge in [-0.1, -0.05) is 32.9 Å². The van der Waals surface area contributed by atoms with Crippen LogP contribution in [0.25, 0.3) is 0 Å². The van der Waals surface area contributed by atoms with Gasteiger partial charge in [-0.25, -0.2) is 9.59 Å². The van der Waals surface area contributed by atoms with Gasteiger partial charge in [-0.2, -0.15) is 8.42 Å². The Morgan fingerprint density at radius 2 is 1.40 bits per heavy atom. The van der Waals surface area contributed by atoms with Gasteiger partial charge in [0.2, 0.25) is 0 Å². The van der Waals surface area contributed by atoms with E-state index in [1.54, 1.807) is 0 Å². The summed E-state index contributed by atoms with van der Waals surface area (Å²) in [7, 11) is -4.18. The number of carbonyl (C=O) groups is 3. The summed E-state index contributed by atoms with van der Waals surface area (Å²) >= 11 is 0. The fraction of sp³-hybridized carbons (Fsp3) is 0.632. The van der Waals surface area contributed by atoms with Gasteiger partial charge in [-0.15, -0.1) is 0 Å². The first-order valence-electron chi connectivity index (χ1n) is 9.12. The van der Waals surface area contributed by atoms with Crippen molar-refractivity contribution in [2.45, 2.75) is 46.5 Å². The van der Waals surface area contributed by atoms with E-state index in [1.807, 2.05) is 6.92 Å². The molecule has 0 atom stereocenters. The Bertz CT molecular complexity index is 698. The maximum absolute atomic E-state index is 12.8. The molecule has 0 aliphatic rings. The first-order valence-corrected chi connectivity index (χ1v) is 10.7. The summed E-state index contributed by atoms with van der Waals surface area (Å²) in [6.07, 6.45) is 1.34. The number of hydrogen-bond acceptors (Lipinski definition) is 8. The van der Waals surface area contributed by atoms with Crippen LogP contribution < -0.4 is 0 Å². The van der Waals surface area contributed by atoms with Gasteiger partial charge < -0.3 is 14.2 Å². The van der Waals surface area contributed by atoms with Crippen molar-refractivity contribution >= 4 is 65.8 Å². The SMILES string of the molecule is C=C(C)C(=O)OCC(CCCC)(COC(=O)C(=C)C)C(=O)OCCCS(=O)(=O)O.[CaH2]. The van der Waals surface area contributed by atoms with Crippen LogP contribution in [0.1, 0.15) is 46.5 Å². The van der Waals surface area contributed by atoms with E-state index in [0.717, 1.165) is 0 Å². The second-order valence-electron chi connectivity index (χ2n) is 6.87. The minimum absolute atomic E-state index is 0. The molecule has 0 amide bonds. The summed E-state index contributed by atoms with van der Waals surface area (Å²) in [5, 5.41) is 0. The van der Waals surface area contributed by atoms with Gasteiger partial charge in [0.25, 0.3) is 10.1 Å². The Labute approximate surface area is 207 Å². The summed E-state index contributed by atoms with van der Waals surface area (Å²) in [6, 6.07) is 0. The van der Waals surface area contributed by atoms with E-state index < -0.39 is 52.4 Å². The Morgan fingerprint density at radius 3 is 1.77 bits per heavy atom. The van der Waals surface area contributed by atoms with Crippen molar-refractivity contribution in [2.75, 3.05) is 25.6 Å². The zero-order chi connectivity index (χ0) is 22.7. The molecule has 0 aliphatic carbocycles. The molecule has 0 aromatic heterocycles. The Morgan fingerprint density at radius 1 is 0.933 bits per heavy atom. The van der Waals surface area contributed by atoms with Crippen molar-refractivity contribution in [3.63, 3.8) is 0 Å². The molecule has 0 saturated carbocycles. The van der Waals surface area contributed by atoms with Crippen molar-refractivity contribution in [3.05, 3.63) is 24.3 Å². The molecular weight excluding hydrogens is 444 g/mol. The molecule has 0 aromatic rings. The normalized spacial score (nSPS) is 11.1. The van der Waals surface area contributed by atoms with Gasteiger partial charge in [-0.3, -0.25) is 9.35 Å². The second-order valence-corrected chi connectivity index (χ2v) is 8.44. The van der Waals surface area contributed by atoms with Crippen LogP contribution in [0.3, 0.4) is 0 Å². The summed E-state index contributed by atoms with van der Waals surface area (Å²) in [5.41, 5.74) is -1.20. The third-order valence-corrected chi connectivity index (χ3v) is 4.68. The molecule has 0 radical (unpaired) electrons. The summed E-state index contributed by atoms with van der Waals surface area (Å²) in [4.78, 5) is 36.4. The van der Waals surface area contributed by atoms with E-state index in [-0.39, 0.29) is 68.3 Å². The van der Waals surface area contributed by atoms with Crippen LogP contribution in [-0.4, -0.2) is 94.2 Å². The van der Waals surface area contributed by atoms with Gasteiger partial charge in [0.05, 0.1) is 12.4 Å². The van der Waals surface area contributed by atoms with E-state index >= 15 is 0 Å². The molecule has 0 saturated heterocycles. The molecule has 0 fully saturated rings. The summed E-state index contributed by atoms with van der Waals surface area (Å²) in [6.45, 7) is 10.7. The second kappa shape index (κ2) is 15.0. The molecule has 0 aliphatic heterocycles. The minimum atomic E-state index is -4.18. The fourth-order valence-corrected chi connectivity index (χ4v) is 2.62. The molecule has 11 heteroatoms. The zero-order valence-corrected chi connectivity index (χ0v) is 18.0. The van der Waals surface area contributed by atoms with Crippen molar-refractivity contribution in [1.82, 2.24) is 0 Å². The van der Waals surface area contributed by atoms with E-state index in [1.165, 1.54) is 13.8 Å². The molecule has 170 valence electrons. The summed E-state index contributed by atoms with van der Waals surface area (Å²) < 4.78 is 45.8. The first-order chi connectivity index (χ1) is 13.3. The van der Waals surface area contributed by atoms with Crippen LogP contribution in [0.2, 0.25) is 0 Å². The van der Waals surface area contributed by atoms with E-state index in [4.69, 9.17) is 18.8 Å². The number of carbonyl (C=O) groups excluding carboxylic acids is 3. The molecule has 30 heavy (non-hydrogen) atoms. The fourth-order valence-electron chi connectivity index (χ4n) is 2.13. The van der Waals surface area contributed by atoms with Gasteiger partial charge in [0.15, 0.2) is 0 Å². The number of unbranched alkanes of at least 4 members (excludes halogenated alkanes) is 1. The van der Waals surface area contributed by atoms with Gasteiger partial charge in [-0.05, 0) is 26.7 Å². The standard InChI is InChI=1S/C19H30O9S.Ca.2H/c1-6-7-9-19(12-27-16(20)14(2)3,13-28-17(21)15(4)5)18(22)26-10-8-11-29(23,24)25;;;/h2,4,6-13H2,1,3,5H3,(H,23,24,25);;;. The number of esters is 3. The average molecular weight is 477 g/mol. The third kappa shape index (κ3) is 12.7. The van der Waals surface area contributed by atoms with Crippen molar-refractivity contribution in [1.29, 1.82) is 0 Å². The first kappa shape index (κ1) is 31.2. The molecule has 0 rings (SSSR count). The van der Waals surface area contributed by atoms with Crippen molar-refractivity contribution < 1.29 is 41.6 Å². The van der Waals surface area contributed by atoms with E-state index in [0.29, 0.717) is 12.8 Å². The van der Waals surface area contributed by atoms with Crippen LogP contribution in [-0.2, 0) is 38.7 Å². The maximum atomic E-state index is 12.8. The molecule has 0 aromatic carbocycles. The Hall–Kier alpha value is -0.940. The van der Waals surface area contributed by atoms with Crippen LogP contribution in [0, 0.1) is 5.41 Å². The summed E-state index contributed by atoms with van der Waals surface area (Å²) in [5.74, 6) is -2.80. The third-order valence-electron chi connectivity index (χ3n) is 3.88. The molecular formula is C19H32CaO9S. The van der Waals surface area contributed by atoms with Crippen LogP contribution in [0.4, 0.5) is 0 Å². The van der Waals surface area contributed by atoms with Crippen LogP contribution >= 0.6 is 0 Å². The van der Waals surface area contributed by atoms with Gasteiger partial charge in [0.1, 0.15) is 18.6 Å². The van der Waals surface area contributed by atoms with Crippen molar-refractivity contribution in [3.8, 4) is 0 Å². The Kier molecular flexibility index (Phi) is 15.6. The van der Waals surface area contributed by atoms with Crippen LogP contribution in [0.15, 0.2) is 24.3 Å². The average Bonchev–Trinajstić information content (AvgIpc) is 2.63. The predicted molar refractivity (Wildman–Crippen MR) is 114 cm³/mol. The molecule has 9 nitrogen and oxygen atoms in total. The number of hydrogen-bond donors (Lipinski definition) is 1. The van der Waals surface area contributed by atoms with Crippen molar-refractivity contribution in [2.24, 2.45) is 5.41 Å². The molecule has 0 heterocycles. The van der Waals surface area contributed by atoms with Gasteiger partial charge in [0, 0.05) is 11.1 Å². The monoisotopic (exact) mass is 476 g/mol. The molecule has 0 bridgehead atoms. The molecule has 0 spiro atoms.